The number of hydrogen-bond acceptors (Lipinski definition) is 3. The summed E-state index contributed by atoms with van der Waals surface area (Å²) in [7, 11) is 2.13. The highest BCUT2D eigenvalue weighted by Gasteiger charge is 2.24. The Morgan fingerprint density at radius 1 is 1.19 bits per heavy atom. The Morgan fingerprint density at radius 2 is 1.86 bits per heavy atom. The van der Waals surface area contributed by atoms with E-state index in [0.29, 0.717) is 0 Å². The molecule has 4 heteroatoms. The van der Waals surface area contributed by atoms with E-state index in [2.05, 4.69) is 56.1 Å². The third-order valence-corrected chi connectivity index (χ3v) is 5.09. The molecule has 0 aliphatic rings. The largest absolute Gasteiger partial charge is 0.326 e. The van der Waals surface area contributed by atoms with Crippen LogP contribution in [0.15, 0.2) is 36.4 Å². The second-order valence-electron chi connectivity index (χ2n) is 5.56. The quantitative estimate of drug-likeness (QED) is 0.840. The maximum Gasteiger partial charge on any atom is 0.0931 e. The zero-order valence-corrected chi connectivity index (χ0v) is 14.4. The summed E-state index contributed by atoms with van der Waals surface area (Å²) in [6, 6.07) is 13.0. The smallest absolute Gasteiger partial charge is 0.0931 e. The van der Waals surface area contributed by atoms with Gasteiger partial charge in [0, 0.05) is 17.5 Å². The molecule has 114 valence electrons. The van der Waals surface area contributed by atoms with Crippen molar-refractivity contribution in [3.05, 3.63) is 56.7 Å². The molecule has 0 saturated heterocycles. The number of halogens is 1. The van der Waals surface area contributed by atoms with E-state index in [9.17, 15) is 0 Å². The second kappa shape index (κ2) is 7.41. The van der Waals surface area contributed by atoms with Crippen LogP contribution in [-0.2, 0) is 6.54 Å². The Balaban J connectivity index is 2.18. The summed E-state index contributed by atoms with van der Waals surface area (Å²) in [4.78, 5) is 3.56. The van der Waals surface area contributed by atoms with Gasteiger partial charge in [-0.2, -0.15) is 0 Å². The Hall–Kier alpha value is -0.870. The molecular formula is C17H23ClN2S. The summed E-state index contributed by atoms with van der Waals surface area (Å²) in [6.45, 7) is 5.12. The van der Waals surface area contributed by atoms with Crippen molar-refractivity contribution >= 4 is 22.9 Å². The molecule has 0 spiro atoms. The van der Waals surface area contributed by atoms with Crippen LogP contribution in [0.4, 0.5) is 0 Å². The molecule has 2 N–H and O–H groups in total. The van der Waals surface area contributed by atoms with E-state index in [1.54, 1.807) is 11.3 Å². The van der Waals surface area contributed by atoms with Gasteiger partial charge in [-0.15, -0.1) is 11.3 Å². The highest BCUT2D eigenvalue weighted by atomic mass is 35.5. The van der Waals surface area contributed by atoms with Gasteiger partial charge in [-0.25, -0.2) is 0 Å². The number of benzene rings is 1. The van der Waals surface area contributed by atoms with Gasteiger partial charge < -0.3 is 5.73 Å². The van der Waals surface area contributed by atoms with Crippen LogP contribution in [0.3, 0.4) is 0 Å². The van der Waals surface area contributed by atoms with E-state index in [0.717, 1.165) is 17.3 Å². The van der Waals surface area contributed by atoms with Gasteiger partial charge in [-0.3, -0.25) is 4.90 Å². The molecule has 0 bridgehead atoms. The number of rotatable bonds is 6. The highest BCUT2D eigenvalue weighted by Crippen LogP contribution is 2.33. The third-order valence-electron chi connectivity index (χ3n) is 3.79. The van der Waals surface area contributed by atoms with E-state index in [-0.39, 0.29) is 12.1 Å². The van der Waals surface area contributed by atoms with Crippen molar-refractivity contribution in [2.75, 3.05) is 7.05 Å². The minimum Gasteiger partial charge on any atom is -0.326 e. The van der Waals surface area contributed by atoms with Crippen molar-refractivity contribution in [2.45, 2.75) is 38.9 Å². The SMILES string of the molecule is CCC(N)C(c1ccc(Cl)s1)N(C)Cc1ccc(C)cc1. The van der Waals surface area contributed by atoms with Gasteiger partial charge in [-0.05, 0) is 38.1 Å². The molecular weight excluding hydrogens is 300 g/mol. The van der Waals surface area contributed by atoms with Crippen LogP contribution in [0.1, 0.15) is 35.4 Å². The molecule has 2 rings (SSSR count). The molecule has 0 radical (unpaired) electrons. The zero-order chi connectivity index (χ0) is 15.4. The molecule has 1 aromatic heterocycles. The number of thiophene rings is 1. The lowest BCUT2D eigenvalue weighted by Gasteiger charge is -2.31. The molecule has 0 amide bonds. The molecule has 2 atom stereocenters. The fraction of sp³-hybridized carbons (Fsp3) is 0.412. The van der Waals surface area contributed by atoms with Gasteiger partial charge >= 0.3 is 0 Å². The van der Waals surface area contributed by atoms with E-state index < -0.39 is 0 Å². The highest BCUT2D eigenvalue weighted by molar-refractivity contribution is 7.16. The molecule has 0 saturated carbocycles. The summed E-state index contributed by atoms with van der Waals surface area (Å²) >= 11 is 7.72. The van der Waals surface area contributed by atoms with Gasteiger partial charge in [0.15, 0.2) is 0 Å². The average molecular weight is 323 g/mol. The molecule has 0 aliphatic heterocycles. The molecule has 0 fully saturated rings. The predicted molar refractivity (Wildman–Crippen MR) is 93.0 cm³/mol. The summed E-state index contributed by atoms with van der Waals surface area (Å²) in [5.41, 5.74) is 8.95. The van der Waals surface area contributed by atoms with Gasteiger partial charge in [0.25, 0.3) is 0 Å². The Bertz CT molecular complexity index is 564. The normalized spacial score (nSPS) is 14.4. The third kappa shape index (κ3) is 4.30. The fourth-order valence-corrected chi connectivity index (χ4v) is 3.85. The second-order valence-corrected chi connectivity index (χ2v) is 7.31. The summed E-state index contributed by atoms with van der Waals surface area (Å²) in [5.74, 6) is 0. The first-order valence-corrected chi connectivity index (χ1v) is 8.47. The van der Waals surface area contributed by atoms with E-state index in [1.165, 1.54) is 16.0 Å². The fourth-order valence-electron chi connectivity index (χ4n) is 2.55. The zero-order valence-electron chi connectivity index (χ0n) is 12.8. The first kappa shape index (κ1) is 16.5. The standard InChI is InChI=1S/C17H23ClN2S/c1-4-14(19)17(15-9-10-16(18)21-15)20(3)11-13-7-5-12(2)6-8-13/h5-10,14,17H,4,11,19H2,1-3H3. The predicted octanol–water partition coefficient (Wildman–Crippen LogP) is 4.62. The molecule has 2 aromatic rings. The summed E-state index contributed by atoms with van der Waals surface area (Å²) in [6.07, 6.45) is 0.943. The number of nitrogens with two attached hydrogens (primary N) is 1. The van der Waals surface area contributed by atoms with Crippen LogP contribution in [-0.4, -0.2) is 18.0 Å². The van der Waals surface area contributed by atoms with E-state index in [4.69, 9.17) is 17.3 Å². The van der Waals surface area contributed by atoms with Crippen molar-refractivity contribution in [3.63, 3.8) is 0 Å². The van der Waals surface area contributed by atoms with Crippen molar-refractivity contribution in [2.24, 2.45) is 5.73 Å². The molecule has 0 aliphatic carbocycles. The van der Waals surface area contributed by atoms with Crippen LogP contribution < -0.4 is 5.73 Å². The van der Waals surface area contributed by atoms with Crippen LogP contribution in [0.25, 0.3) is 0 Å². The summed E-state index contributed by atoms with van der Waals surface area (Å²) < 4.78 is 0.821. The Morgan fingerprint density at radius 3 is 2.38 bits per heavy atom. The Kier molecular flexibility index (Phi) is 5.82. The number of hydrogen-bond donors (Lipinski definition) is 1. The molecule has 1 heterocycles. The molecule has 21 heavy (non-hydrogen) atoms. The van der Waals surface area contributed by atoms with Crippen LogP contribution in [0.2, 0.25) is 4.34 Å². The van der Waals surface area contributed by atoms with Crippen LogP contribution in [0.5, 0.6) is 0 Å². The minimum atomic E-state index is 0.107. The molecule has 1 aromatic carbocycles. The number of nitrogens with zero attached hydrogens (tertiary/aromatic N) is 1. The van der Waals surface area contributed by atoms with Gasteiger partial charge in [0.2, 0.25) is 0 Å². The minimum absolute atomic E-state index is 0.107. The van der Waals surface area contributed by atoms with Crippen LogP contribution in [0, 0.1) is 6.92 Å². The Labute approximate surface area is 136 Å². The van der Waals surface area contributed by atoms with Crippen molar-refractivity contribution in [1.82, 2.24) is 4.90 Å². The van der Waals surface area contributed by atoms with Crippen molar-refractivity contribution in [1.29, 1.82) is 0 Å². The van der Waals surface area contributed by atoms with Crippen LogP contribution >= 0.6 is 22.9 Å². The average Bonchev–Trinajstić information content (AvgIpc) is 2.87. The van der Waals surface area contributed by atoms with Gasteiger partial charge in [-0.1, -0.05) is 48.4 Å². The first-order chi connectivity index (χ1) is 10.0. The van der Waals surface area contributed by atoms with Crippen molar-refractivity contribution < 1.29 is 0 Å². The van der Waals surface area contributed by atoms with Crippen molar-refractivity contribution in [3.8, 4) is 0 Å². The summed E-state index contributed by atoms with van der Waals surface area (Å²) in [5, 5.41) is 0. The topological polar surface area (TPSA) is 29.3 Å². The van der Waals surface area contributed by atoms with Gasteiger partial charge in [0.05, 0.1) is 10.4 Å². The maximum absolute atomic E-state index is 6.36. The van der Waals surface area contributed by atoms with Gasteiger partial charge in [0.1, 0.15) is 0 Å². The molecule has 2 unspecified atom stereocenters. The lowest BCUT2D eigenvalue weighted by atomic mass is 10.0. The first-order valence-electron chi connectivity index (χ1n) is 7.28. The van der Waals surface area contributed by atoms with E-state index >= 15 is 0 Å². The monoisotopic (exact) mass is 322 g/mol. The molecule has 2 nitrogen and oxygen atoms in total. The number of likely N-dealkylation sites (N-methyl/N-ethyl adjacent to an activating group) is 1. The lowest BCUT2D eigenvalue weighted by molar-refractivity contribution is 0.205. The number of aryl methyl sites for hydroxylation is 1. The van der Waals surface area contributed by atoms with E-state index in [1.807, 2.05) is 6.07 Å². The lowest BCUT2D eigenvalue weighted by Crippen LogP contribution is -2.38. The maximum atomic E-state index is 6.36.